The minimum Gasteiger partial charge on any atom is -0.242 e. The summed E-state index contributed by atoms with van der Waals surface area (Å²) in [4.78, 5) is 0. The highest BCUT2D eigenvalue weighted by atomic mass is 32.2. The summed E-state index contributed by atoms with van der Waals surface area (Å²) in [6.45, 7) is 5.49. The summed E-state index contributed by atoms with van der Waals surface area (Å²) < 4.78 is 52.9. The van der Waals surface area contributed by atoms with Gasteiger partial charge in [0, 0.05) is 6.04 Å². The summed E-state index contributed by atoms with van der Waals surface area (Å²) in [5.74, 6) is 0. The number of nitrogens with one attached hydrogen (secondary N) is 1. The molecule has 1 aromatic carbocycles. The Balaban J connectivity index is 2.26. The summed E-state index contributed by atoms with van der Waals surface area (Å²) in [5, 5.41) is 0. The van der Waals surface area contributed by atoms with Crippen molar-refractivity contribution < 1.29 is 17.4 Å². The van der Waals surface area contributed by atoms with Crippen molar-refractivity contribution in [2.24, 2.45) is 0 Å². The van der Waals surface area contributed by atoms with Crippen LogP contribution in [0.2, 0.25) is 0 Å². The number of benzene rings is 1. The van der Waals surface area contributed by atoms with E-state index in [0.29, 0.717) is 18.4 Å². The van der Waals surface area contributed by atoms with Crippen molar-refractivity contribution in [2.75, 3.05) is 0 Å². The minimum absolute atomic E-state index is 0.271. The Kier molecular flexibility index (Phi) is 3.99. The molecule has 112 valence electrons. The SMILES string of the molecule is CC(C)(C)S(=O)N[C@@H]1CCc2ccc(C(F)(F)F)cc21. The highest BCUT2D eigenvalue weighted by Crippen LogP contribution is 2.37. The number of rotatable bonds is 2. The predicted molar refractivity (Wildman–Crippen MR) is 73.5 cm³/mol. The predicted octanol–water partition coefficient (Wildman–Crippen LogP) is 3.74. The van der Waals surface area contributed by atoms with E-state index in [2.05, 4.69) is 4.72 Å². The standard InChI is InChI=1S/C14H18F3NOS/c1-13(2,3)20(19)18-12-7-5-9-4-6-10(8-11(9)12)14(15,16)17/h4,6,8,12,18H,5,7H2,1-3H3/t12-,20?/m1/s1. The van der Waals surface area contributed by atoms with Crippen molar-refractivity contribution in [1.29, 1.82) is 0 Å². The largest absolute Gasteiger partial charge is 0.416 e. The first-order valence-electron chi connectivity index (χ1n) is 6.47. The second-order valence-corrected chi connectivity index (χ2v) is 8.00. The Morgan fingerprint density at radius 3 is 2.45 bits per heavy atom. The van der Waals surface area contributed by atoms with Crippen LogP contribution < -0.4 is 4.72 Å². The molecule has 0 fully saturated rings. The zero-order valence-electron chi connectivity index (χ0n) is 11.7. The molecule has 2 rings (SSSR count). The minimum atomic E-state index is -4.34. The smallest absolute Gasteiger partial charge is 0.242 e. The van der Waals surface area contributed by atoms with Crippen molar-refractivity contribution in [3.63, 3.8) is 0 Å². The van der Waals surface area contributed by atoms with Crippen molar-refractivity contribution in [3.8, 4) is 0 Å². The maximum absolute atomic E-state index is 12.8. The molecule has 20 heavy (non-hydrogen) atoms. The molecular formula is C14H18F3NOS. The van der Waals surface area contributed by atoms with Crippen LogP contribution >= 0.6 is 0 Å². The third kappa shape index (κ3) is 3.23. The van der Waals surface area contributed by atoms with Crippen molar-refractivity contribution in [3.05, 3.63) is 34.9 Å². The molecule has 0 radical (unpaired) electrons. The molecule has 2 atom stereocenters. The molecule has 1 aromatic rings. The third-order valence-electron chi connectivity index (χ3n) is 3.36. The Bertz CT molecular complexity index is 534. The maximum Gasteiger partial charge on any atom is 0.416 e. The molecule has 0 amide bonds. The zero-order chi connectivity index (χ0) is 15.1. The maximum atomic E-state index is 12.8. The highest BCUT2D eigenvalue weighted by molar-refractivity contribution is 7.84. The molecule has 0 heterocycles. The first-order valence-corrected chi connectivity index (χ1v) is 7.62. The van der Waals surface area contributed by atoms with Gasteiger partial charge >= 0.3 is 6.18 Å². The van der Waals surface area contributed by atoms with Crippen molar-refractivity contribution in [1.82, 2.24) is 4.72 Å². The molecule has 0 bridgehead atoms. The number of hydrogen-bond donors (Lipinski definition) is 1. The van der Waals surface area contributed by atoms with E-state index in [1.54, 1.807) is 0 Å². The van der Waals surface area contributed by atoms with Gasteiger partial charge in [-0.1, -0.05) is 6.07 Å². The van der Waals surface area contributed by atoms with E-state index in [0.717, 1.165) is 11.6 Å². The van der Waals surface area contributed by atoms with Crippen LogP contribution in [0.3, 0.4) is 0 Å². The van der Waals surface area contributed by atoms with Crippen LogP contribution in [-0.2, 0) is 23.6 Å². The van der Waals surface area contributed by atoms with Gasteiger partial charge in [0.1, 0.15) is 0 Å². The van der Waals surface area contributed by atoms with E-state index >= 15 is 0 Å². The highest BCUT2D eigenvalue weighted by Gasteiger charge is 2.34. The quantitative estimate of drug-likeness (QED) is 0.886. The van der Waals surface area contributed by atoms with E-state index in [1.807, 2.05) is 20.8 Å². The van der Waals surface area contributed by atoms with Crippen LogP contribution in [0.5, 0.6) is 0 Å². The Morgan fingerprint density at radius 2 is 1.90 bits per heavy atom. The summed E-state index contributed by atoms with van der Waals surface area (Å²) in [6.07, 6.45) is -2.95. The van der Waals surface area contributed by atoms with Gasteiger partial charge < -0.3 is 0 Å². The first kappa shape index (κ1) is 15.5. The number of hydrogen-bond acceptors (Lipinski definition) is 1. The van der Waals surface area contributed by atoms with Gasteiger partial charge in [0.2, 0.25) is 0 Å². The van der Waals surface area contributed by atoms with Crippen molar-refractivity contribution >= 4 is 11.0 Å². The van der Waals surface area contributed by atoms with Crippen LogP contribution in [0.15, 0.2) is 18.2 Å². The fourth-order valence-corrected chi connectivity index (χ4v) is 3.06. The van der Waals surface area contributed by atoms with E-state index in [-0.39, 0.29) is 6.04 Å². The van der Waals surface area contributed by atoms with Gasteiger partial charge in [-0.2, -0.15) is 13.2 Å². The average Bonchev–Trinajstić information content (AvgIpc) is 2.69. The second-order valence-electron chi connectivity index (χ2n) is 6.00. The van der Waals surface area contributed by atoms with Gasteiger partial charge in [0.25, 0.3) is 0 Å². The molecule has 0 saturated heterocycles. The summed E-state index contributed by atoms with van der Waals surface area (Å²) in [5.41, 5.74) is 0.880. The van der Waals surface area contributed by atoms with E-state index in [9.17, 15) is 17.4 Å². The van der Waals surface area contributed by atoms with E-state index < -0.39 is 27.5 Å². The number of fused-ring (bicyclic) bond motifs is 1. The van der Waals surface area contributed by atoms with E-state index in [1.165, 1.54) is 12.1 Å². The number of aryl methyl sites for hydroxylation is 1. The fraction of sp³-hybridized carbons (Fsp3) is 0.571. The van der Waals surface area contributed by atoms with Gasteiger partial charge in [-0.25, -0.2) is 8.93 Å². The second kappa shape index (κ2) is 5.15. The van der Waals surface area contributed by atoms with Gasteiger partial charge in [-0.3, -0.25) is 0 Å². The summed E-state index contributed by atoms with van der Waals surface area (Å²) in [7, 11) is -1.29. The molecule has 2 nitrogen and oxygen atoms in total. The Hall–Kier alpha value is -0.880. The lowest BCUT2D eigenvalue weighted by Crippen LogP contribution is -2.35. The molecule has 0 aliphatic heterocycles. The molecule has 6 heteroatoms. The number of alkyl halides is 3. The van der Waals surface area contributed by atoms with Gasteiger partial charge in [0.05, 0.1) is 21.3 Å². The zero-order valence-corrected chi connectivity index (χ0v) is 12.5. The topological polar surface area (TPSA) is 29.1 Å². The summed E-state index contributed by atoms with van der Waals surface area (Å²) >= 11 is 0. The fourth-order valence-electron chi connectivity index (χ4n) is 2.21. The van der Waals surface area contributed by atoms with Crippen molar-refractivity contribution in [2.45, 2.75) is 50.6 Å². The van der Waals surface area contributed by atoms with Crippen LogP contribution in [0, 0.1) is 0 Å². The average molecular weight is 305 g/mol. The molecule has 0 spiro atoms. The van der Waals surface area contributed by atoms with Crippen LogP contribution in [0.25, 0.3) is 0 Å². The molecule has 1 N–H and O–H groups in total. The third-order valence-corrected chi connectivity index (χ3v) is 4.97. The van der Waals surface area contributed by atoms with E-state index in [4.69, 9.17) is 0 Å². The lowest BCUT2D eigenvalue weighted by Gasteiger charge is -2.22. The molecule has 1 unspecified atom stereocenters. The lowest BCUT2D eigenvalue weighted by atomic mass is 10.0. The first-order chi connectivity index (χ1) is 9.09. The lowest BCUT2D eigenvalue weighted by molar-refractivity contribution is -0.137. The Morgan fingerprint density at radius 1 is 1.25 bits per heavy atom. The van der Waals surface area contributed by atoms with Gasteiger partial charge in [-0.15, -0.1) is 0 Å². The monoisotopic (exact) mass is 305 g/mol. The number of halogens is 3. The van der Waals surface area contributed by atoms with Crippen LogP contribution in [0.1, 0.15) is 49.9 Å². The van der Waals surface area contributed by atoms with Gasteiger partial charge in [-0.05, 0) is 56.9 Å². The molecule has 0 saturated carbocycles. The Labute approximate surface area is 119 Å². The van der Waals surface area contributed by atoms with Crippen LogP contribution in [-0.4, -0.2) is 8.96 Å². The normalized spacial score (nSPS) is 20.8. The molecule has 1 aliphatic rings. The summed E-state index contributed by atoms with van der Waals surface area (Å²) in [6, 6.07) is 3.55. The molecule has 0 aromatic heterocycles. The molecular weight excluding hydrogens is 287 g/mol. The van der Waals surface area contributed by atoms with Crippen LogP contribution in [0.4, 0.5) is 13.2 Å². The molecule has 1 aliphatic carbocycles. The van der Waals surface area contributed by atoms with Gasteiger partial charge in [0.15, 0.2) is 0 Å².